The Morgan fingerprint density at radius 1 is 1.53 bits per heavy atom. The van der Waals surface area contributed by atoms with Gasteiger partial charge < -0.3 is 11.1 Å². The van der Waals surface area contributed by atoms with E-state index in [4.69, 9.17) is 17.3 Å². The number of nitrogens with two attached hydrogens (primary N) is 1. The van der Waals surface area contributed by atoms with Crippen molar-refractivity contribution in [3.63, 3.8) is 0 Å². The van der Waals surface area contributed by atoms with Crippen LogP contribution in [0.4, 0.5) is 4.39 Å². The molecule has 84 valence electrons. The normalized spacial score (nSPS) is 9.27. The van der Waals surface area contributed by atoms with Crippen LogP contribution < -0.4 is 11.1 Å². The van der Waals surface area contributed by atoms with Crippen LogP contribution in [0.1, 0.15) is 5.56 Å². The SMILES string of the molecule is Cl.NCC(=O)NCc1c(F)cccc1Cl. The Kier molecular flexibility index (Phi) is 6.24. The zero-order chi connectivity index (χ0) is 10.6. The predicted octanol–water partition coefficient (Wildman–Crippen LogP) is 1.48. The second kappa shape index (κ2) is 6.61. The molecule has 0 saturated carbocycles. The third kappa shape index (κ3) is 4.03. The Morgan fingerprint density at radius 3 is 2.73 bits per heavy atom. The van der Waals surface area contributed by atoms with E-state index in [1.165, 1.54) is 12.1 Å². The number of rotatable bonds is 3. The molecule has 1 aromatic carbocycles. The molecule has 0 saturated heterocycles. The molecule has 6 heteroatoms. The minimum atomic E-state index is -0.435. The Balaban J connectivity index is 0.00000196. The Labute approximate surface area is 98.2 Å². The van der Waals surface area contributed by atoms with E-state index < -0.39 is 5.82 Å². The van der Waals surface area contributed by atoms with Crippen molar-refractivity contribution in [1.29, 1.82) is 0 Å². The summed E-state index contributed by atoms with van der Waals surface area (Å²) in [4.78, 5) is 10.8. The minimum Gasteiger partial charge on any atom is -0.351 e. The predicted molar refractivity (Wildman–Crippen MR) is 59.6 cm³/mol. The lowest BCUT2D eigenvalue weighted by atomic mass is 10.2. The molecule has 1 rings (SSSR count). The zero-order valence-electron chi connectivity index (χ0n) is 7.80. The molecule has 1 aromatic rings. The summed E-state index contributed by atoms with van der Waals surface area (Å²) in [6.45, 7) is -0.0619. The first-order chi connectivity index (χ1) is 6.65. The van der Waals surface area contributed by atoms with E-state index in [1.54, 1.807) is 6.07 Å². The van der Waals surface area contributed by atoms with Crippen LogP contribution in [0.25, 0.3) is 0 Å². The third-order valence-electron chi connectivity index (χ3n) is 1.71. The topological polar surface area (TPSA) is 55.1 Å². The van der Waals surface area contributed by atoms with Crippen LogP contribution >= 0.6 is 24.0 Å². The van der Waals surface area contributed by atoms with Gasteiger partial charge in [0.2, 0.25) is 5.91 Å². The zero-order valence-corrected chi connectivity index (χ0v) is 9.37. The summed E-state index contributed by atoms with van der Waals surface area (Å²) in [5.41, 5.74) is 5.35. The number of benzene rings is 1. The van der Waals surface area contributed by atoms with Gasteiger partial charge >= 0.3 is 0 Å². The fourth-order valence-electron chi connectivity index (χ4n) is 0.960. The molecule has 0 aliphatic heterocycles. The van der Waals surface area contributed by atoms with Crippen molar-refractivity contribution in [3.8, 4) is 0 Å². The van der Waals surface area contributed by atoms with Crippen LogP contribution in [0, 0.1) is 5.82 Å². The van der Waals surface area contributed by atoms with Crippen molar-refractivity contribution in [2.45, 2.75) is 6.54 Å². The molecule has 0 bridgehead atoms. The van der Waals surface area contributed by atoms with E-state index in [0.717, 1.165) is 0 Å². The lowest BCUT2D eigenvalue weighted by molar-refractivity contribution is -0.119. The summed E-state index contributed by atoms with van der Waals surface area (Å²) < 4.78 is 13.1. The van der Waals surface area contributed by atoms with Crippen LogP contribution in [-0.4, -0.2) is 12.5 Å². The highest BCUT2D eigenvalue weighted by molar-refractivity contribution is 6.31. The highest BCUT2D eigenvalue weighted by Gasteiger charge is 2.07. The van der Waals surface area contributed by atoms with Crippen molar-refractivity contribution in [2.75, 3.05) is 6.54 Å². The van der Waals surface area contributed by atoms with Gasteiger partial charge in [0.1, 0.15) is 5.82 Å². The number of carbonyl (C=O) groups is 1. The van der Waals surface area contributed by atoms with E-state index in [2.05, 4.69) is 5.32 Å². The maximum Gasteiger partial charge on any atom is 0.234 e. The van der Waals surface area contributed by atoms with Crippen molar-refractivity contribution in [1.82, 2.24) is 5.32 Å². The van der Waals surface area contributed by atoms with Gasteiger partial charge in [0, 0.05) is 17.1 Å². The number of halogens is 3. The third-order valence-corrected chi connectivity index (χ3v) is 2.06. The van der Waals surface area contributed by atoms with Gasteiger partial charge in [-0.25, -0.2) is 4.39 Å². The van der Waals surface area contributed by atoms with Gasteiger partial charge in [-0.2, -0.15) is 0 Å². The van der Waals surface area contributed by atoms with Gasteiger partial charge in [-0.05, 0) is 12.1 Å². The summed E-state index contributed by atoms with van der Waals surface area (Å²) in [7, 11) is 0. The Bertz CT molecular complexity index is 327. The number of hydrogen-bond donors (Lipinski definition) is 2. The smallest absolute Gasteiger partial charge is 0.234 e. The molecule has 0 unspecified atom stereocenters. The molecule has 3 N–H and O–H groups in total. The molecule has 0 spiro atoms. The average molecular weight is 253 g/mol. The van der Waals surface area contributed by atoms with Crippen LogP contribution in [0.5, 0.6) is 0 Å². The summed E-state index contributed by atoms with van der Waals surface area (Å²) in [5, 5.41) is 2.74. The molecular weight excluding hydrogens is 242 g/mol. The molecule has 0 heterocycles. The minimum absolute atomic E-state index is 0. The van der Waals surface area contributed by atoms with Crippen molar-refractivity contribution in [3.05, 3.63) is 34.6 Å². The fraction of sp³-hybridized carbons (Fsp3) is 0.222. The molecule has 0 aromatic heterocycles. The van der Waals surface area contributed by atoms with Crippen LogP contribution in [0.15, 0.2) is 18.2 Å². The van der Waals surface area contributed by atoms with Crippen molar-refractivity contribution in [2.24, 2.45) is 5.73 Å². The number of nitrogens with one attached hydrogen (secondary N) is 1. The van der Waals surface area contributed by atoms with Crippen LogP contribution in [0.3, 0.4) is 0 Å². The van der Waals surface area contributed by atoms with Gasteiger partial charge in [0.15, 0.2) is 0 Å². The van der Waals surface area contributed by atoms with E-state index in [0.29, 0.717) is 5.02 Å². The highest BCUT2D eigenvalue weighted by atomic mass is 35.5. The van der Waals surface area contributed by atoms with Crippen molar-refractivity contribution < 1.29 is 9.18 Å². The van der Waals surface area contributed by atoms with E-state index in [1.807, 2.05) is 0 Å². The number of hydrogen-bond acceptors (Lipinski definition) is 2. The molecule has 0 atom stereocenters. The van der Waals surface area contributed by atoms with Gasteiger partial charge in [0.25, 0.3) is 0 Å². The molecule has 0 aliphatic rings. The van der Waals surface area contributed by atoms with E-state index >= 15 is 0 Å². The first kappa shape index (κ1) is 14.2. The van der Waals surface area contributed by atoms with E-state index in [9.17, 15) is 9.18 Å². The fourth-order valence-corrected chi connectivity index (χ4v) is 1.19. The van der Waals surface area contributed by atoms with Crippen molar-refractivity contribution >= 4 is 29.9 Å². The maximum absolute atomic E-state index is 13.1. The van der Waals surface area contributed by atoms with Crippen LogP contribution in [-0.2, 0) is 11.3 Å². The van der Waals surface area contributed by atoms with Gasteiger partial charge in [-0.3, -0.25) is 4.79 Å². The Morgan fingerprint density at radius 2 is 2.20 bits per heavy atom. The summed E-state index contributed by atoms with van der Waals surface area (Å²) in [5.74, 6) is -0.779. The van der Waals surface area contributed by atoms with Gasteiger partial charge in [0.05, 0.1) is 6.54 Å². The first-order valence-corrected chi connectivity index (χ1v) is 4.42. The monoisotopic (exact) mass is 252 g/mol. The summed E-state index contributed by atoms with van der Waals surface area (Å²) >= 11 is 5.73. The second-order valence-electron chi connectivity index (χ2n) is 2.68. The molecular formula is C9H11Cl2FN2O. The number of carbonyl (C=O) groups excluding carboxylic acids is 1. The Hall–Kier alpha value is -0.840. The first-order valence-electron chi connectivity index (χ1n) is 4.05. The number of amides is 1. The van der Waals surface area contributed by atoms with Gasteiger partial charge in [-0.1, -0.05) is 17.7 Å². The molecule has 15 heavy (non-hydrogen) atoms. The summed E-state index contributed by atoms with van der Waals surface area (Å²) in [6.07, 6.45) is 0. The summed E-state index contributed by atoms with van der Waals surface area (Å²) in [6, 6.07) is 4.36. The maximum atomic E-state index is 13.1. The lowest BCUT2D eigenvalue weighted by Crippen LogP contribution is -2.30. The highest BCUT2D eigenvalue weighted by Crippen LogP contribution is 2.18. The average Bonchev–Trinajstić information content (AvgIpc) is 2.16. The molecule has 0 aliphatic carbocycles. The molecule has 3 nitrogen and oxygen atoms in total. The molecule has 1 amide bonds. The van der Waals surface area contributed by atoms with Crippen LogP contribution in [0.2, 0.25) is 5.02 Å². The largest absolute Gasteiger partial charge is 0.351 e. The van der Waals surface area contributed by atoms with E-state index in [-0.39, 0.29) is 37.0 Å². The molecule has 0 radical (unpaired) electrons. The standard InChI is InChI=1S/C9H10ClFN2O.ClH/c10-7-2-1-3-8(11)6(7)5-13-9(14)4-12;/h1-3H,4-5,12H2,(H,13,14);1H. The molecule has 0 fully saturated rings. The lowest BCUT2D eigenvalue weighted by Gasteiger charge is -2.06. The quantitative estimate of drug-likeness (QED) is 0.857. The second-order valence-corrected chi connectivity index (χ2v) is 3.09. The van der Waals surface area contributed by atoms with Gasteiger partial charge in [-0.15, -0.1) is 12.4 Å².